The molecule has 1 aliphatic rings. The molecule has 1 aliphatic heterocycles. The SMILES string of the molecule is CC(NC(=O)C1COc2ccccc2O1)c1ccc(F)c(F)c1. The number of para-hydroxylation sites is 2. The molecule has 0 spiro atoms. The topological polar surface area (TPSA) is 47.6 Å². The van der Waals surface area contributed by atoms with E-state index < -0.39 is 23.8 Å². The maximum absolute atomic E-state index is 13.3. The molecule has 0 aromatic heterocycles. The van der Waals surface area contributed by atoms with Crippen molar-refractivity contribution in [3.05, 3.63) is 59.7 Å². The van der Waals surface area contributed by atoms with Gasteiger partial charge in [0.25, 0.3) is 5.91 Å². The van der Waals surface area contributed by atoms with Crippen molar-refractivity contribution in [2.75, 3.05) is 6.61 Å². The van der Waals surface area contributed by atoms with Crippen LogP contribution in [0.3, 0.4) is 0 Å². The molecule has 1 amide bonds. The molecule has 0 radical (unpaired) electrons. The van der Waals surface area contributed by atoms with Crippen molar-refractivity contribution in [1.82, 2.24) is 5.32 Å². The minimum absolute atomic E-state index is 0.0906. The largest absolute Gasteiger partial charge is 0.485 e. The van der Waals surface area contributed by atoms with Crippen molar-refractivity contribution in [3.8, 4) is 11.5 Å². The highest BCUT2D eigenvalue weighted by molar-refractivity contribution is 5.82. The molecule has 2 unspecified atom stereocenters. The maximum atomic E-state index is 13.3. The Hall–Kier alpha value is -2.63. The van der Waals surface area contributed by atoms with Crippen LogP contribution in [0, 0.1) is 11.6 Å². The number of halogens is 2. The Kier molecular flexibility index (Phi) is 4.14. The molecule has 2 aromatic carbocycles. The number of amides is 1. The maximum Gasteiger partial charge on any atom is 0.265 e. The minimum atomic E-state index is -0.949. The first-order chi connectivity index (χ1) is 11.0. The molecule has 2 atom stereocenters. The van der Waals surface area contributed by atoms with Crippen LogP contribution in [0.2, 0.25) is 0 Å². The van der Waals surface area contributed by atoms with Crippen molar-refractivity contribution in [2.45, 2.75) is 19.1 Å². The highest BCUT2D eigenvalue weighted by Gasteiger charge is 2.28. The van der Waals surface area contributed by atoms with Gasteiger partial charge in [-0.3, -0.25) is 4.79 Å². The number of nitrogens with one attached hydrogen (secondary N) is 1. The molecular weight excluding hydrogens is 304 g/mol. The van der Waals surface area contributed by atoms with Crippen molar-refractivity contribution in [1.29, 1.82) is 0 Å². The van der Waals surface area contributed by atoms with Crippen LogP contribution >= 0.6 is 0 Å². The number of carbonyl (C=O) groups is 1. The molecule has 1 N–H and O–H groups in total. The summed E-state index contributed by atoms with van der Waals surface area (Å²) in [7, 11) is 0. The molecule has 23 heavy (non-hydrogen) atoms. The summed E-state index contributed by atoms with van der Waals surface area (Å²) >= 11 is 0. The second kappa shape index (κ2) is 6.24. The number of ether oxygens (including phenoxy) is 2. The van der Waals surface area contributed by atoms with Crippen molar-refractivity contribution in [3.63, 3.8) is 0 Å². The Morgan fingerprint density at radius 2 is 1.91 bits per heavy atom. The summed E-state index contributed by atoms with van der Waals surface area (Å²) in [6.07, 6.45) is -0.794. The van der Waals surface area contributed by atoms with Gasteiger partial charge >= 0.3 is 0 Å². The second-order valence-corrected chi connectivity index (χ2v) is 5.27. The third kappa shape index (κ3) is 3.26. The normalized spacial score (nSPS) is 17.4. The van der Waals surface area contributed by atoms with Gasteiger partial charge in [-0.25, -0.2) is 8.78 Å². The third-order valence-electron chi connectivity index (χ3n) is 3.60. The number of hydrogen-bond acceptors (Lipinski definition) is 3. The molecule has 1 heterocycles. The van der Waals surface area contributed by atoms with E-state index in [9.17, 15) is 13.6 Å². The Bertz CT molecular complexity index is 736. The average molecular weight is 319 g/mol. The summed E-state index contributed by atoms with van der Waals surface area (Å²) in [5.41, 5.74) is 0.467. The van der Waals surface area contributed by atoms with Gasteiger partial charge in [-0.1, -0.05) is 18.2 Å². The molecule has 0 fully saturated rings. The first kappa shape index (κ1) is 15.3. The van der Waals surface area contributed by atoms with Gasteiger partial charge in [0, 0.05) is 0 Å². The standard InChI is InChI=1S/C17H15F2NO3/c1-10(11-6-7-12(18)13(19)8-11)20-17(21)16-9-22-14-4-2-3-5-15(14)23-16/h2-8,10,16H,9H2,1H3,(H,20,21). The molecule has 120 valence electrons. The number of fused-ring (bicyclic) bond motifs is 1. The monoisotopic (exact) mass is 319 g/mol. The number of carbonyl (C=O) groups excluding carboxylic acids is 1. The summed E-state index contributed by atoms with van der Waals surface area (Å²) in [4.78, 5) is 12.3. The number of benzene rings is 2. The summed E-state index contributed by atoms with van der Waals surface area (Å²) in [6, 6.07) is 10.1. The third-order valence-corrected chi connectivity index (χ3v) is 3.60. The zero-order valence-corrected chi connectivity index (χ0v) is 12.4. The lowest BCUT2D eigenvalue weighted by Crippen LogP contribution is -2.44. The van der Waals surface area contributed by atoms with Crippen LogP contribution in [0.4, 0.5) is 8.78 Å². The van der Waals surface area contributed by atoms with Gasteiger partial charge < -0.3 is 14.8 Å². The molecule has 3 rings (SSSR count). The molecule has 0 aliphatic carbocycles. The van der Waals surface area contributed by atoms with Crippen molar-refractivity contribution >= 4 is 5.91 Å². The van der Waals surface area contributed by atoms with E-state index in [2.05, 4.69) is 5.32 Å². The van der Waals surface area contributed by atoms with Gasteiger partial charge in [0.2, 0.25) is 6.10 Å². The first-order valence-electron chi connectivity index (χ1n) is 7.18. The van der Waals surface area contributed by atoms with Crippen LogP contribution in [-0.2, 0) is 4.79 Å². The van der Waals surface area contributed by atoms with E-state index >= 15 is 0 Å². The molecule has 2 aromatic rings. The molecule has 0 saturated heterocycles. The molecular formula is C17H15F2NO3. The lowest BCUT2D eigenvalue weighted by molar-refractivity contribution is -0.131. The Balaban J connectivity index is 1.66. The van der Waals surface area contributed by atoms with Crippen LogP contribution in [-0.4, -0.2) is 18.6 Å². The van der Waals surface area contributed by atoms with Crippen LogP contribution < -0.4 is 14.8 Å². The van der Waals surface area contributed by atoms with E-state index in [0.29, 0.717) is 17.1 Å². The molecule has 4 nitrogen and oxygen atoms in total. The van der Waals surface area contributed by atoms with Crippen LogP contribution in [0.5, 0.6) is 11.5 Å². The van der Waals surface area contributed by atoms with Gasteiger partial charge in [-0.2, -0.15) is 0 Å². The zero-order valence-electron chi connectivity index (χ0n) is 12.4. The highest BCUT2D eigenvalue weighted by Crippen LogP contribution is 2.31. The first-order valence-corrected chi connectivity index (χ1v) is 7.18. The van der Waals surface area contributed by atoms with Gasteiger partial charge in [-0.15, -0.1) is 0 Å². The van der Waals surface area contributed by atoms with Crippen LogP contribution in [0.1, 0.15) is 18.5 Å². The molecule has 6 heteroatoms. The summed E-state index contributed by atoms with van der Waals surface area (Å²) in [5, 5.41) is 2.71. The zero-order chi connectivity index (χ0) is 16.4. The van der Waals surface area contributed by atoms with Gasteiger partial charge in [0.1, 0.15) is 6.61 Å². The van der Waals surface area contributed by atoms with E-state index in [1.165, 1.54) is 6.07 Å². The summed E-state index contributed by atoms with van der Waals surface area (Å²) in [6.45, 7) is 1.77. The van der Waals surface area contributed by atoms with Crippen LogP contribution in [0.15, 0.2) is 42.5 Å². The lowest BCUT2D eigenvalue weighted by atomic mass is 10.1. The van der Waals surface area contributed by atoms with E-state index in [1.54, 1.807) is 25.1 Å². The summed E-state index contributed by atoms with van der Waals surface area (Å²) < 4.78 is 37.3. The van der Waals surface area contributed by atoms with Crippen molar-refractivity contribution in [2.24, 2.45) is 0 Å². The number of rotatable bonds is 3. The van der Waals surface area contributed by atoms with Crippen molar-refractivity contribution < 1.29 is 23.0 Å². The fourth-order valence-electron chi connectivity index (χ4n) is 2.32. The van der Waals surface area contributed by atoms with E-state index in [-0.39, 0.29) is 12.5 Å². The smallest absolute Gasteiger partial charge is 0.265 e. The van der Waals surface area contributed by atoms with E-state index in [4.69, 9.17) is 9.47 Å². The Morgan fingerprint density at radius 1 is 1.17 bits per heavy atom. The average Bonchev–Trinajstić information content (AvgIpc) is 2.56. The molecule has 0 saturated carbocycles. The second-order valence-electron chi connectivity index (χ2n) is 5.27. The van der Waals surface area contributed by atoms with Gasteiger partial charge in [0.05, 0.1) is 6.04 Å². The quantitative estimate of drug-likeness (QED) is 0.946. The van der Waals surface area contributed by atoms with E-state index in [1.807, 2.05) is 6.07 Å². The highest BCUT2D eigenvalue weighted by atomic mass is 19.2. The minimum Gasteiger partial charge on any atom is -0.485 e. The van der Waals surface area contributed by atoms with Gasteiger partial charge in [-0.05, 0) is 36.8 Å². The Morgan fingerprint density at radius 3 is 2.65 bits per heavy atom. The Labute approximate surface area is 132 Å². The van der Waals surface area contributed by atoms with Crippen LogP contribution in [0.25, 0.3) is 0 Å². The van der Waals surface area contributed by atoms with Gasteiger partial charge in [0.15, 0.2) is 23.1 Å². The summed E-state index contributed by atoms with van der Waals surface area (Å²) in [5.74, 6) is -1.16. The predicted octanol–water partition coefficient (Wildman–Crippen LogP) is 2.98. The lowest BCUT2D eigenvalue weighted by Gasteiger charge is -2.26. The fourth-order valence-corrected chi connectivity index (χ4v) is 2.32. The molecule has 0 bridgehead atoms. The van der Waals surface area contributed by atoms with E-state index in [0.717, 1.165) is 12.1 Å². The predicted molar refractivity (Wildman–Crippen MR) is 79.3 cm³/mol. The number of hydrogen-bond donors (Lipinski definition) is 1. The fraction of sp³-hybridized carbons (Fsp3) is 0.235.